The van der Waals surface area contributed by atoms with Crippen LogP contribution in [-0.4, -0.2) is 52.9 Å². The molecule has 0 radical (unpaired) electrons. The number of carbonyl (C=O) groups is 3. The number of thioether (sulfide) groups is 1. The van der Waals surface area contributed by atoms with Crippen molar-refractivity contribution in [1.82, 2.24) is 15.5 Å². The Morgan fingerprint density at radius 2 is 2.26 bits per heavy atom. The lowest BCUT2D eigenvalue weighted by atomic mass is 9.97. The Balaban J connectivity index is 1.47. The van der Waals surface area contributed by atoms with Crippen LogP contribution in [0.3, 0.4) is 0 Å². The molecule has 126 valence electrons. The summed E-state index contributed by atoms with van der Waals surface area (Å²) in [5.74, 6) is 0.940. The lowest BCUT2D eigenvalue weighted by Gasteiger charge is -2.19. The Labute approximate surface area is 140 Å². The van der Waals surface area contributed by atoms with E-state index in [4.69, 9.17) is 0 Å². The Kier molecular flexibility index (Phi) is 4.94. The molecule has 6 nitrogen and oxygen atoms in total. The second kappa shape index (κ2) is 6.95. The molecule has 0 aromatic carbocycles. The van der Waals surface area contributed by atoms with Crippen molar-refractivity contribution in [2.75, 3.05) is 24.6 Å². The molecule has 2 N–H and O–H groups in total. The molecule has 2 fully saturated rings. The molecule has 2 aliphatic heterocycles. The molecule has 0 unspecified atom stereocenters. The Bertz CT molecular complexity index is 541. The lowest BCUT2D eigenvalue weighted by Crippen LogP contribution is -2.47. The highest BCUT2D eigenvalue weighted by Gasteiger charge is 2.53. The molecular formula is C16H23N3O3S. The molecule has 0 aromatic rings. The summed E-state index contributed by atoms with van der Waals surface area (Å²) in [6.07, 6.45) is 8.48. The highest BCUT2D eigenvalue weighted by atomic mass is 32.2. The van der Waals surface area contributed by atoms with Gasteiger partial charge < -0.3 is 10.6 Å². The fourth-order valence-electron chi connectivity index (χ4n) is 3.35. The van der Waals surface area contributed by atoms with Crippen LogP contribution in [0.4, 0.5) is 4.79 Å². The predicted octanol–water partition coefficient (Wildman–Crippen LogP) is 1.42. The Morgan fingerprint density at radius 3 is 2.96 bits per heavy atom. The minimum Gasteiger partial charge on any atom is -0.354 e. The fourth-order valence-corrected chi connectivity index (χ4v) is 4.67. The summed E-state index contributed by atoms with van der Waals surface area (Å²) in [4.78, 5) is 37.5. The minimum atomic E-state index is -0.769. The van der Waals surface area contributed by atoms with Crippen LogP contribution >= 0.6 is 11.8 Å². The summed E-state index contributed by atoms with van der Waals surface area (Å²) >= 11 is 1.66. The van der Waals surface area contributed by atoms with Gasteiger partial charge in [0, 0.05) is 12.3 Å². The van der Waals surface area contributed by atoms with E-state index >= 15 is 0 Å². The van der Waals surface area contributed by atoms with E-state index in [1.54, 1.807) is 11.8 Å². The zero-order valence-corrected chi connectivity index (χ0v) is 14.0. The van der Waals surface area contributed by atoms with Crippen LogP contribution in [-0.2, 0) is 9.59 Å². The third-order valence-electron chi connectivity index (χ3n) is 4.72. The Morgan fingerprint density at radius 1 is 1.39 bits per heavy atom. The Hall–Kier alpha value is -1.50. The molecule has 1 aliphatic carbocycles. The van der Waals surface area contributed by atoms with E-state index in [9.17, 15) is 14.4 Å². The third-order valence-corrected chi connectivity index (χ3v) is 5.91. The highest BCUT2D eigenvalue weighted by molar-refractivity contribution is 7.99. The van der Waals surface area contributed by atoms with E-state index < -0.39 is 11.6 Å². The van der Waals surface area contributed by atoms with Gasteiger partial charge in [0.2, 0.25) is 5.91 Å². The molecule has 2 heterocycles. The largest absolute Gasteiger partial charge is 0.354 e. The number of amides is 4. The van der Waals surface area contributed by atoms with Gasteiger partial charge in [0.25, 0.3) is 5.91 Å². The standard InChI is InChI=1S/C16H23N3O3S/c20-13(17-8-6-12-4-2-1-3-5-12)10-19-14(21)16(18-15(19)22)7-9-23-11-16/h4H,1-3,5-11H2,(H,17,20)(H,18,22)/t16-/m1/s1. The second-order valence-electron chi connectivity index (χ2n) is 6.41. The van der Waals surface area contributed by atoms with Crippen LogP contribution in [0.15, 0.2) is 11.6 Å². The first-order chi connectivity index (χ1) is 11.1. The van der Waals surface area contributed by atoms with Gasteiger partial charge in [-0.25, -0.2) is 4.79 Å². The van der Waals surface area contributed by atoms with Crippen molar-refractivity contribution >= 4 is 29.6 Å². The van der Waals surface area contributed by atoms with Crippen molar-refractivity contribution in [1.29, 1.82) is 0 Å². The van der Waals surface area contributed by atoms with Gasteiger partial charge in [0.05, 0.1) is 0 Å². The maximum absolute atomic E-state index is 12.4. The molecular weight excluding hydrogens is 314 g/mol. The molecule has 1 spiro atoms. The van der Waals surface area contributed by atoms with Crippen molar-refractivity contribution in [3.05, 3.63) is 11.6 Å². The lowest BCUT2D eigenvalue weighted by molar-refractivity contribution is -0.134. The average Bonchev–Trinajstić information content (AvgIpc) is 3.10. The van der Waals surface area contributed by atoms with Crippen LogP contribution in [0.5, 0.6) is 0 Å². The monoisotopic (exact) mass is 337 g/mol. The van der Waals surface area contributed by atoms with Crippen molar-refractivity contribution in [2.45, 2.75) is 44.1 Å². The van der Waals surface area contributed by atoms with Gasteiger partial charge in [-0.1, -0.05) is 11.6 Å². The number of urea groups is 1. The van der Waals surface area contributed by atoms with E-state index in [0.717, 1.165) is 29.9 Å². The number of carbonyl (C=O) groups excluding carboxylic acids is 3. The second-order valence-corrected chi connectivity index (χ2v) is 7.52. The third kappa shape index (κ3) is 3.54. The summed E-state index contributed by atoms with van der Waals surface area (Å²) in [5.41, 5.74) is 0.628. The summed E-state index contributed by atoms with van der Waals surface area (Å²) in [6, 6.07) is -0.442. The molecule has 4 amide bonds. The van der Waals surface area contributed by atoms with E-state index in [-0.39, 0.29) is 18.4 Å². The number of allylic oxidation sites excluding steroid dienone is 1. The van der Waals surface area contributed by atoms with Gasteiger partial charge in [0.1, 0.15) is 12.1 Å². The summed E-state index contributed by atoms with van der Waals surface area (Å²) in [5, 5.41) is 5.59. The fraction of sp³-hybridized carbons (Fsp3) is 0.688. The molecule has 1 atom stereocenters. The van der Waals surface area contributed by atoms with Crippen LogP contribution in [0.2, 0.25) is 0 Å². The molecule has 23 heavy (non-hydrogen) atoms. The topological polar surface area (TPSA) is 78.5 Å². The summed E-state index contributed by atoms with van der Waals surface area (Å²) < 4.78 is 0. The molecule has 3 aliphatic rings. The summed E-state index contributed by atoms with van der Waals surface area (Å²) in [6.45, 7) is 0.380. The van der Waals surface area contributed by atoms with Gasteiger partial charge in [-0.3, -0.25) is 14.5 Å². The predicted molar refractivity (Wildman–Crippen MR) is 89.1 cm³/mol. The van der Waals surface area contributed by atoms with Gasteiger partial charge in [-0.2, -0.15) is 11.8 Å². The molecule has 0 bridgehead atoms. The van der Waals surface area contributed by atoms with Crippen LogP contribution in [0.1, 0.15) is 38.5 Å². The van der Waals surface area contributed by atoms with Gasteiger partial charge in [-0.05, 0) is 44.3 Å². The van der Waals surface area contributed by atoms with Crippen molar-refractivity contribution in [2.24, 2.45) is 0 Å². The zero-order valence-electron chi connectivity index (χ0n) is 13.2. The van der Waals surface area contributed by atoms with Gasteiger partial charge in [-0.15, -0.1) is 0 Å². The summed E-state index contributed by atoms with van der Waals surface area (Å²) in [7, 11) is 0. The normalized spacial score (nSPS) is 27.3. The SMILES string of the molecule is O=C(CN1C(=O)N[C@@]2(CCSC2)C1=O)NCCC1=CCCCC1. The molecule has 7 heteroatoms. The number of hydrogen-bond donors (Lipinski definition) is 2. The first-order valence-corrected chi connectivity index (χ1v) is 9.43. The maximum Gasteiger partial charge on any atom is 0.325 e. The number of rotatable bonds is 5. The van der Waals surface area contributed by atoms with Crippen LogP contribution in [0, 0.1) is 0 Å². The van der Waals surface area contributed by atoms with E-state index in [2.05, 4.69) is 16.7 Å². The van der Waals surface area contributed by atoms with Crippen molar-refractivity contribution in [3.63, 3.8) is 0 Å². The number of nitrogens with zero attached hydrogens (tertiary/aromatic N) is 1. The zero-order chi connectivity index (χ0) is 16.3. The van der Waals surface area contributed by atoms with E-state index in [1.165, 1.54) is 18.4 Å². The number of hydrogen-bond acceptors (Lipinski definition) is 4. The number of nitrogens with one attached hydrogen (secondary N) is 2. The van der Waals surface area contributed by atoms with Crippen molar-refractivity contribution < 1.29 is 14.4 Å². The maximum atomic E-state index is 12.4. The van der Waals surface area contributed by atoms with Gasteiger partial charge >= 0.3 is 6.03 Å². The van der Waals surface area contributed by atoms with Gasteiger partial charge in [0.15, 0.2) is 0 Å². The molecule has 0 aromatic heterocycles. The first kappa shape index (κ1) is 16.4. The van der Waals surface area contributed by atoms with Crippen LogP contribution in [0.25, 0.3) is 0 Å². The molecule has 0 saturated carbocycles. The average molecular weight is 337 g/mol. The highest BCUT2D eigenvalue weighted by Crippen LogP contribution is 2.33. The smallest absolute Gasteiger partial charge is 0.325 e. The quantitative estimate of drug-likeness (QED) is 0.587. The minimum absolute atomic E-state index is 0.184. The number of imide groups is 1. The first-order valence-electron chi connectivity index (χ1n) is 8.27. The van der Waals surface area contributed by atoms with Crippen LogP contribution < -0.4 is 10.6 Å². The van der Waals surface area contributed by atoms with Crippen molar-refractivity contribution in [3.8, 4) is 0 Å². The van der Waals surface area contributed by atoms with E-state index in [0.29, 0.717) is 18.7 Å². The molecule has 3 rings (SSSR count). The van der Waals surface area contributed by atoms with E-state index in [1.807, 2.05) is 0 Å². The molecule has 2 saturated heterocycles.